The van der Waals surface area contributed by atoms with Gasteiger partial charge in [-0.3, -0.25) is 9.89 Å². The van der Waals surface area contributed by atoms with E-state index < -0.39 is 34.8 Å². The number of carbonyl (C=O) groups excluding carboxylic acids is 1. The number of aromatic nitrogens is 2. The molecule has 0 unspecified atom stereocenters. The average Bonchev–Trinajstić information content (AvgIpc) is 2.95. The molecule has 1 amide bonds. The van der Waals surface area contributed by atoms with E-state index in [-0.39, 0.29) is 16.9 Å². The minimum absolute atomic E-state index is 0.113. The first-order chi connectivity index (χ1) is 12.7. The predicted octanol–water partition coefficient (Wildman–Crippen LogP) is 4.93. The second kappa shape index (κ2) is 6.82. The van der Waals surface area contributed by atoms with E-state index in [4.69, 9.17) is 0 Å². The molecule has 0 aliphatic heterocycles. The zero-order valence-electron chi connectivity index (χ0n) is 13.8. The molecule has 2 N–H and O–H groups in total. The van der Waals surface area contributed by atoms with Crippen molar-refractivity contribution in [2.45, 2.75) is 13.1 Å². The third kappa shape index (κ3) is 3.67. The van der Waals surface area contributed by atoms with Crippen LogP contribution in [0.3, 0.4) is 0 Å². The van der Waals surface area contributed by atoms with Gasteiger partial charge in [-0.1, -0.05) is 18.2 Å². The van der Waals surface area contributed by atoms with Crippen molar-refractivity contribution < 1.29 is 26.7 Å². The van der Waals surface area contributed by atoms with Crippen molar-refractivity contribution >= 4 is 11.6 Å². The maximum atomic E-state index is 13.8. The van der Waals surface area contributed by atoms with Crippen LogP contribution in [0, 0.1) is 18.6 Å². The first-order valence-electron chi connectivity index (χ1n) is 7.66. The SMILES string of the molecule is Cc1[nH]nc(-c2ccc(C(F)(F)F)cc2)c1NC(=O)c1c(F)cccc1F. The van der Waals surface area contributed by atoms with Crippen LogP contribution in [0.5, 0.6) is 0 Å². The molecule has 1 heterocycles. The number of aromatic amines is 1. The molecule has 0 radical (unpaired) electrons. The molecule has 0 atom stereocenters. The molecule has 27 heavy (non-hydrogen) atoms. The molecule has 0 aliphatic rings. The van der Waals surface area contributed by atoms with Crippen molar-refractivity contribution in [3.8, 4) is 11.3 Å². The molecule has 0 bridgehead atoms. The molecule has 0 saturated heterocycles. The number of amides is 1. The predicted molar refractivity (Wildman–Crippen MR) is 88.1 cm³/mol. The first-order valence-corrected chi connectivity index (χ1v) is 7.66. The standard InChI is InChI=1S/C18H12F5N3O/c1-9-15(24-17(27)14-12(19)3-2-4-13(14)20)16(26-25-9)10-5-7-11(8-6-10)18(21,22)23/h2-8H,1H3,(H,24,27)(H,25,26). The third-order valence-corrected chi connectivity index (χ3v) is 3.86. The summed E-state index contributed by atoms with van der Waals surface area (Å²) in [7, 11) is 0. The smallest absolute Gasteiger partial charge is 0.318 e. The van der Waals surface area contributed by atoms with Crippen molar-refractivity contribution in [2.75, 3.05) is 5.32 Å². The van der Waals surface area contributed by atoms with E-state index in [2.05, 4.69) is 15.5 Å². The highest BCUT2D eigenvalue weighted by atomic mass is 19.4. The van der Waals surface area contributed by atoms with Gasteiger partial charge in [0.1, 0.15) is 22.9 Å². The Balaban J connectivity index is 1.95. The van der Waals surface area contributed by atoms with Crippen LogP contribution in [0.15, 0.2) is 42.5 Å². The molecule has 2 aromatic carbocycles. The Labute approximate surface area is 150 Å². The summed E-state index contributed by atoms with van der Waals surface area (Å²) < 4.78 is 65.6. The molecule has 4 nitrogen and oxygen atoms in total. The number of carbonyl (C=O) groups is 1. The van der Waals surface area contributed by atoms with Crippen molar-refractivity contribution in [1.29, 1.82) is 0 Å². The minimum Gasteiger partial charge on any atom is -0.318 e. The van der Waals surface area contributed by atoms with Gasteiger partial charge in [0.15, 0.2) is 0 Å². The Morgan fingerprint density at radius 1 is 1.04 bits per heavy atom. The number of H-pyrrole nitrogens is 1. The van der Waals surface area contributed by atoms with Crippen LogP contribution in [0.25, 0.3) is 11.3 Å². The molecule has 0 fully saturated rings. The summed E-state index contributed by atoms with van der Waals surface area (Å²) in [6.45, 7) is 1.55. The number of benzene rings is 2. The lowest BCUT2D eigenvalue weighted by Gasteiger charge is -2.10. The van der Waals surface area contributed by atoms with Gasteiger partial charge in [-0.15, -0.1) is 0 Å². The number of nitrogens with zero attached hydrogens (tertiary/aromatic N) is 1. The summed E-state index contributed by atoms with van der Waals surface area (Å²) in [5, 5.41) is 8.92. The molecule has 1 aromatic heterocycles. The highest BCUT2D eigenvalue weighted by Crippen LogP contribution is 2.33. The van der Waals surface area contributed by atoms with Crippen molar-refractivity contribution in [2.24, 2.45) is 0 Å². The van der Waals surface area contributed by atoms with Crippen LogP contribution in [0.2, 0.25) is 0 Å². The topological polar surface area (TPSA) is 57.8 Å². The Morgan fingerprint density at radius 2 is 1.63 bits per heavy atom. The molecular weight excluding hydrogens is 369 g/mol. The molecule has 3 rings (SSSR count). The number of hydrogen-bond donors (Lipinski definition) is 2. The van der Waals surface area contributed by atoms with Crippen LogP contribution in [-0.2, 0) is 6.18 Å². The number of aryl methyl sites for hydroxylation is 1. The molecule has 140 valence electrons. The first kappa shape index (κ1) is 18.6. The van der Waals surface area contributed by atoms with E-state index in [0.29, 0.717) is 5.69 Å². The van der Waals surface area contributed by atoms with Crippen LogP contribution in [-0.4, -0.2) is 16.1 Å². The van der Waals surface area contributed by atoms with E-state index in [1.54, 1.807) is 6.92 Å². The fraction of sp³-hybridized carbons (Fsp3) is 0.111. The summed E-state index contributed by atoms with van der Waals surface area (Å²) in [6, 6.07) is 7.14. The van der Waals surface area contributed by atoms with Gasteiger partial charge >= 0.3 is 6.18 Å². The molecule has 3 aromatic rings. The summed E-state index contributed by atoms with van der Waals surface area (Å²) in [5.41, 5.74) is -0.686. The van der Waals surface area contributed by atoms with E-state index in [1.807, 2.05) is 0 Å². The fourth-order valence-electron chi connectivity index (χ4n) is 2.50. The number of anilines is 1. The van der Waals surface area contributed by atoms with Gasteiger partial charge in [-0.05, 0) is 31.2 Å². The highest BCUT2D eigenvalue weighted by Gasteiger charge is 2.30. The zero-order chi connectivity index (χ0) is 19.8. The van der Waals surface area contributed by atoms with Crippen molar-refractivity contribution in [3.63, 3.8) is 0 Å². The van der Waals surface area contributed by atoms with Gasteiger partial charge in [0.2, 0.25) is 0 Å². The maximum Gasteiger partial charge on any atom is 0.416 e. The van der Waals surface area contributed by atoms with E-state index in [1.165, 1.54) is 12.1 Å². The summed E-state index contributed by atoms with van der Waals surface area (Å²) in [4.78, 5) is 12.3. The molecule has 0 saturated carbocycles. The van der Waals surface area contributed by atoms with Gasteiger partial charge in [-0.25, -0.2) is 8.78 Å². The number of hydrogen-bond acceptors (Lipinski definition) is 2. The average molecular weight is 381 g/mol. The Kier molecular flexibility index (Phi) is 4.69. The second-order valence-corrected chi connectivity index (χ2v) is 5.70. The maximum absolute atomic E-state index is 13.8. The van der Waals surface area contributed by atoms with E-state index >= 15 is 0 Å². The van der Waals surface area contributed by atoms with Crippen LogP contribution in [0.1, 0.15) is 21.6 Å². The second-order valence-electron chi connectivity index (χ2n) is 5.70. The van der Waals surface area contributed by atoms with Crippen molar-refractivity contribution in [1.82, 2.24) is 10.2 Å². The van der Waals surface area contributed by atoms with E-state index in [9.17, 15) is 26.7 Å². The monoisotopic (exact) mass is 381 g/mol. The summed E-state index contributed by atoms with van der Waals surface area (Å²) in [6.07, 6.45) is -4.49. The summed E-state index contributed by atoms with van der Waals surface area (Å²) in [5.74, 6) is -3.11. The molecule has 0 aliphatic carbocycles. The van der Waals surface area contributed by atoms with Gasteiger partial charge < -0.3 is 5.32 Å². The lowest BCUT2D eigenvalue weighted by atomic mass is 10.1. The Morgan fingerprint density at radius 3 is 2.19 bits per heavy atom. The van der Waals surface area contributed by atoms with Crippen LogP contribution < -0.4 is 5.32 Å². The van der Waals surface area contributed by atoms with Gasteiger partial charge in [0, 0.05) is 5.56 Å². The highest BCUT2D eigenvalue weighted by molar-refractivity contribution is 6.06. The molecular formula is C18H12F5N3O. The van der Waals surface area contributed by atoms with Gasteiger partial charge in [0.05, 0.1) is 16.9 Å². The lowest BCUT2D eigenvalue weighted by Crippen LogP contribution is -2.16. The van der Waals surface area contributed by atoms with Gasteiger partial charge in [0.25, 0.3) is 5.91 Å². The normalized spacial score (nSPS) is 11.5. The Hall–Kier alpha value is -3.23. The number of nitrogens with one attached hydrogen (secondary N) is 2. The Bertz CT molecular complexity index is 973. The molecule has 0 spiro atoms. The third-order valence-electron chi connectivity index (χ3n) is 3.86. The zero-order valence-corrected chi connectivity index (χ0v) is 13.8. The van der Waals surface area contributed by atoms with Crippen LogP contribution in [0.4, 0.5) is 27.6 Å². The number of alkyl halides is 3. The summed E-state index contributed by atoms with van der Waals surface area (Å²) >= 11 is 0. The minimum atomic E-state index is -4.49. The van der Waals surface area contributed by atoms with Gasteiger partial charge in [-0.2, -0.15) is 18.3 Å². The fourth-order valence-corrected chi connectivity index (χ4v) is 2.50. The number of halogens is 5. The lowest BCUT2D eigenvalue weighted by molar-refractivity contribution is -0.137. The van der Waals surface area contributed by atoms with Crippen molar-refractivity contribution in [3.05, 3.63) is 70.9 Å². The quantitative estimate of drug-likeness (QED) is 0.632. The molecule has 9 heteroatoms. The largest absolute Gasteiger partial charge is 0.416 e. The number of rotatable bonds is 3. The van der Waals surface area contributed by atoms with Crippen LogP contribution >= 0.6 is 0 Å². The van der Waals surface area contributed by atoms with E-state index in [0.717, 1.165) is 30.3 Å².